The number of likely N-dealkylation sites (N-methyl/N-ethyl adjacent to an activating group) is 1. The number of hydrogen-bond acceptors (Lipinski definition) is 6. The predicted octanol–water partition coefficient (Wildman–Crippen LogP) is 2.86. The normalized spacial score (nSPS) is 22.1. The number of aliphatic hydroxyl groups excluding tert-OH is 1. The van der Waals surface area contributed by atoms with Gasteiger partial charge in [-0.05, 0) is 43.5 Å². The third-order valence-electron chi connectivity index (χ3n) is 6.19. The maximum atomic E-state index is 13.6. The van der Waals surface area contributed by atoms with Crippen molar-refractivity contribution in [3.05, 3.63) is 65.7 Å². The topological polar surface area (TPSA) is 88.1 Å². The van der Waals surface area contributed by atoms with Crippen molar-refractivity contribution in [2.45, 2.75) is 44.5 Å². The lowest BCUT2D eigenvalue weighted by Gasteiger charge is -2.32. The number of ether oxygens (including phenoxy) is 2. The number of methoxy groups -OCH3 is 1. The number of benzene rings is 2. The molecular weight excluding hydrogens is 408 g/mol. The lowest BCUT2D eigenvalue weighted by molar-refractivity contribution is -0.145. The maximum Gasteiger partial charge on any atom is 0.323 e. The van der Waals surface area contributed by atoms with Crippen molar-refractivity contribution >= 4 is 11.9 Å². The van der Waals surface area contributed by atoms with E-state index in [1.165, 1.54) is 0 Å². The van der Waals surface area contributed by atoms with Gasteiger partial charge in [0.2, 0.25) is 5.91 Å². The molecule has 0 unspecified atom stereocenters. The Morgan fingerprint density at radius 2 is 1.81 bits per heavy atom. The number of carbonyl (C=O) groups is 2. The Bertz CT molecular complexity index is 902. The Kier molecular flexibility index (Phi) is 7.88. The molecule has 172 valence electrons. The molecule has 5 atom stereocenters. The van der Waals surface area contributed by atoms with Gasteiger partial charge in [0.25, 0.3) is 0 Å². The van der Waals surface area contributed by atoms with Gasteiger partial charge in [0.05, 0.1) is 31.8 Å². The van der Waals surface area contributed by atoms with Crippen molar-refractivity contribution in [3.63, 3.8) is 0 Å². The predicted molar refractivity (Wildman–Crippen MR) is 121 cm³/mol. The van der Waals surface area contributed by atoms with Crippen molar-refractivity contribution in [3.8, 4) is 5.75 Å². The van der Waals surface area contributed by atoms with E-state index in [2.05, 4.69) is 5.32 Å². The number of nitrogens with one attached hydrogen (secondary N) is 1. The van der Waals surface area contributed by atoms with Gasteiger partial charge in [-0.1, -0.05) is 42.5 Å². The number of rotatable bonds is 8. The third kappa shape index (κ3) is 5.11. The van der Waals surface area contributed by atoms with Gasteiger partial charge in [0.1, 0.15) is 11.8 Å². The van der Waals surface area contributed by atoms with Gasteiger partial charge in [0.15, 0.2) is 0 Å². The van der Waals surface area contributed by atoms with Crippen LogP contribution < -0.4 is 10.1 Å². The van der Waals surface area contributed by atoms with E-state index >= 15 is 0 Å². The zero-order valence-corrected chi connectivity index (χ0v) is 19.0. The Morgan fingerprint density at radius 1 is 1.16 bits per heavy atom. The fourth-order valence-corrected chi connectivity index (χ4v) is 4.18. The highest BCUT2D eigenvalue weighted by atomic mass is 16.5. The SMILES string of the molecule is CCOC(=O)[C@H]1C[C@@H](C(=O)N(C)[C@H](C)[C@@H](O)c2ccccc2)[C@@H](c2ccc(OC)cc2)N1. The number of carbonyl (C=O) groups excluding carboxylic acids is 2. The van der Waals surface area contributed by atoms with E-state index in [0.29, 0.717) is 12.2 Å². The van der Waals surface area contributed by atoms with Crippen LogP contribution in [0.25, 0.3) is 0 Å². The summed E-state index contributed by atoms with van der Waals surface area (Å²) >= 11 is 0. The molecule has 7 heteroatoms. The summed E-state index contributed by atoms with van der Waals surface area (Å²) in [5.74, 6) is -0.254. The van der Waals surface area contributed by atoms with Crippen LogP contribution >= 0.6 is 0 Å². The van der Waals surface area contributed by atoms with Crippen molar-refractivity contribution in [1.82, 2.24) is 10.2 Å². The molecule has 0 radical (unpaired) electrons. The minimum absolute atomic E-state index is 0.132. The minimum atomic E-state index is -0.820. The van der Waals surface area contributed by atoms with Crippen LogP contribution in [0.2, 0.25) is 0 Å². The highest BCUT2D eigenvalue weighted by Crippen LogP contribution is 2.36. The van der Waals surface area contributed by atoms with Crippen molar-refractivity contribution < 1.29 is 24.2 Å². The molecule has 0 spiro atoms. The highest BCUT2D eigenvalue weighted by Gasteiger charge is 2.44. The van der Waals surface area contributed by atoms with E-state index in [9.17, 15) is 14.7 Å². The Morgan fingerprint density at radius 3 is 2.41 bits per heavy atom. The molecule has 32 heavy (non-hydrogen) atoms. The molecule has 1 aliphatic rings. The molecule has 0 bridgehead atoms. The van der Waals surface area contributed by atoms with Gasteiger partial charge in [-0.25, -0.2) is 0 Å². The number of amides is 1. The van der Waals surface area contributed by atoms with E-state index in [4.69, 9.17) is 9.47 Å². The summed E-state index contributed by atoms with van der Waals surface area (Å²) in [7, 11) is 3.29. The molecule has 7 nitrogen and oxygen atoms in total. The average molecular weight is 441 g/mol. The molecule has 1 fully saturated rings. The first-order valence-electron chi connectivity index (χ1n) is 10.9. The molecule has 3 rings (SSSR count). The summed E-state index contributed by atoms with van der Waals surface area (Å²) in [4.78, 5) is 27.5. The van der Waals surface area contributed by atoms with Gasteiger partial charge < -0.3 is 19.5 Å². The van der Waals surface area contributed by atoms with Crippen LogP contribution in [0.4, 0.5) is 0 Å². The van der Waals surface area contributed by atoms with Crippen LogP contribution in [0.5, 0.6) is 5.75 Å². The van der Waals surface area contributed by atoms with Crippen molar-refractivity contribution in [2.75, 3.05) is 20.8 Å². The second kappa shape index (κ2) is 10.6. The molecule has 1 heterocycles. The molecule has 0 aromatic heterocycles. The molecule has 1 aliphatic heterocycles. The monoisotopic (exact) mass is 440 g/mol. The number of hydrogen-bond donors (Lipinski definition) is 2. The third-order valence-corrected chi connectivity index (χ3v) is 6.19. The Balaban J connectivity index is 1.83. The largest absolute Gasteiger partial charge is 0.497 e. The second-order valence-electron chi connectivity index (χ2n) is 8.11. The summed E-state index contributed by atoms with van der Waals surface area (Å²) in [5.41, 5.74) is 1.64. The quantitative estimate of drug-likeness (QED) is 0.614. The standard InChI is InChI=1S/C25H32N2O5/c1-5-32-25(30)21-15-20(22(26-21)17-11-13-19(31-4)14-12-17)24(29)27(3)16(2)23(28)18-9-7-6-8-10-18/h6-14,16,20-23,26,28H,5,15H2,1-4H3/t16-,20-,21-,22-,23-/m1/s1. The second-order valence-corrected chi connectivity index (χ2v) is 8.11. The fourth-order valence-electron chi connectivity index (χ4n) is 4.18. The van der Waals surface area contributed by atoms with Gasteiger partial charge in [-0.3, -0.25) is 14.9 Å². The molecule has 1 saturated heterocycles. The van der Waals surface area contributed by atoms with E-state index < -0.39 is 24.1 Å². The smallest absolute Gasteiger partial charge is 0.323 e. The lowest BCUT2D eigenvalue weighted by atomic mass is 9.91. The van der Waals surface area contributed by atoms with E-state index in [-0.39, 0.29) is 24.5 Å². The summed E-state index contributed by atoms with van der Waals surface area (Å²) in [5, 5.41) is 14.1. The molecule has 0 saturated carbocycles. The first-order chi connectivity index (χ1) is 15.4. The summed E-state index contributed by atoms with van der Waals surface area (Å²) < 4.78 is 10.4. The van der Waals surface area contributed by atoms with E-state index in [1.54, 1.807) is 26.0 Å². The first-order valence-corrected chi connectivity index (χ1v) is 10.9. The Hall–Kier alpha value is -2.90. The summed E-state index contributed by atoms with van der Waals surface area (Å²) in [6.07, 6.45) is -0.493. The molecular formula is C25H32N2O5. The number of nitrogens with zero attached hydrogens (tertiary/aromatic N) is 1. The van der Waals surface area contributed by atoms with Crippen LogP contribution in [0, 0.1) is 5.92 Å². The van der Waals surface area contributed by atoms with Crippen LogP contribution in [0.15, 0.2) is 54.6 Å². The molecule has 0 aliphatic carbocycles. The summed E-state index contributed by atoms with van der Waals surface area (Å²) in [6, 6.07) is 15.4. The van der Waals surface area contributed by atoms with E-state index in [0.717, 1.165) is 11.1 Å². The van der Waals surface area contributed by atoms with Gasteiger partial charge >= 0.3 is 5.97 Å². The van der Waals surface area contributed by atoms with Gasteiger partial charge in [0, 0.05) is 13.1 Å². The van der Waals surface area contributed by atoms with Crippen molar-refractivity contribution in [1.29, 1.82) is 0 Å². The first kappa shape index (κ1) is 23.8. The highest BCUT2D eigenvalue weighted by molar-refractivity contribution is 5.84. The van der Waals surface area contributed by atoms with Gasteiger partial charge in [-0.2, -0.15) is 0 Å². The zero-order chi connectivity index (χ0) is 23.3. The number of aliphatic hydroxyl groups is 1. The maximum absolute atomic E-state index is 13.6. The summed E-state index contributed by atoms with van der Waals surface area (Å²) in [6.45, 7) is 3.86. The van der Waals surface area contributed by atoms with Crippen molar-refractivity contribution in [2.24, 2.45) is 5.92 Å². The van der Waals surface area contributed by atoms with Crippen LogP contribution in [-0.4, -0.2) is 54.7 Å². The fraction of sp³-hybridized carbons (Fsp3) is 0.440. The molecule has 2 aromatic rings. The molecule has 2 N–H and O–H groups in total. The minimum Gasteiger partial charge on any atom is -0.497 e. The molecule has 2 aromatic carbocycles. The van der Waals surface area contributed by atoms with Crippen LogP contribution in [-0.2, 0) is 14.3 Å². The zero-order valence-electron chi connectivity index (χ0n) is 19.0. The molecule has 1 amide bonds. The lowest BCUT2D eigenvalue weighted by Crippen LogP contribution is -2.43. The number of esters is 1. The van der Waals surface area contributed by atoms with Crippen LogP contribution in [0.3, 0.4) is 0 Å². The van der Waals surface area contributed by atoms with Gasteiger partial charge in [-0.15, -0.1) is 0 Å². The average Bonchev–Trinajstić information content (AvgIpc) is 3.28. The van der Waals surface area contributed by atoms with Crippen LogP contribution in [0.1, 0.15) is 43.5 Å². The van der Waals surface area contributed by atoms with E-state index in [1.807, 2.05) is 61.5 Å². The Labute approximate surface area is 189 Å².